The van der Waals surface area contributed by atoms with Gasteiger partial charge in [-0.1, -0.05) is 0 Å². The van der Waals surface area contributed by atoms with Gasteiger partial charge in [-0.3, -0.25) is 14.4 Å². The first-order valence-corrected chi connectivity index (χ1v) is 12.0. The molecule has 1 saturated heterocycles. The summed E-state index contributed by atoms with van der Waals surface area (Å²) in [7, 11) is 0. The lowest BCUT2D eigenvalue weighted by Crippen LogP contribution is -2.41. The molecule has 3 aromatic rings. The molecule has 13 heteroatoms. The number of aromatic nitrogens is 2. The van der Waals surface area contributed by atoms with Crippen molar-refractivity contribution in [3.05, 3.63) is 35.7 Å². The third-order valence-corrected chi connectivity index (χ3v) is 6.60. The molecule has 0 aliphatic carbocycles. The van der Waals surface area contributed by atoms with E-state index in [1.54, 1.807) is 6.07 Å². The Morgan fingerprint density at radius 2 is 1.89 bits per heavy atom. The Morgan fingerprint density at radius 1 is 1.13 bits per heavy atom. The Morgan fingerprint density at radius 3 is 2.58 bits per heavy atom. The lowest BCUT2D eigenvalue weighted by Gasteiger charge is -2.21. The van der Waals surface area contributed by atoms with E-state index in [0.29, 0.717) is 46.9 Å². The minimum absolute atomic E-state index is 0.0101. The van der Waals surface area contributed by atoms with E-state index in [0.717, 1.165) is 0 Å². The second kappa shape index (κ2) is 10.7. The molecule has 200 valence electrons. The predicted octanol–water partition coefficient (Wildman–Crippen LogP) is 0.878. The summed E-state index contributed by atoms with van der Waals surface area (Å²) in [6, 6.07) is 3.81. The number of aryl methyl sites for hydroxylation is 1. The third kappa shape index (κ3) is 5.51. The van der Waals surface area contributed by atoms with Gasteiger partial charge in [-0.25, -0.2) is 14.6 Å². The highest BCUT2D eigenvalue weighted by molar-refractivity contribution is 6.10. The van der Waals surface area contributed by atoms with Gasteiger partial charge in [0.1, 0.15) is 23.5 Å². The fourth-order valence-electron chi connectivity index (χ4n) is 4.71. The highest BCUT2D eigenvalue weighted by Crippen LogP contribution is 2.31. The summed E-state index contributed by atoms with van der Waals surface area (Å²) in [5.74, 6) is -4.29. The molecule has 0 spiro atoms. The third-order valence-electron chi connectivity index (χ3n) is 6.60. The fraction of sp³-hybridized carbons (Fsp3) is 0.360. The summed E-state index contributed by atoms with van der Waals surface area (Å²) >= 11 is 0. The molecule has 38 heavy (non-hydrogen) atoms. The first-order valence-electron chi connectivity index (χ1n) is 12.0. The smallest absolute Gasteiger partial charge is 0.326 e. The lowest BCUT2D eigenvalue weighted by atomic mass is 10.1. The van der Waals surface area contributed by atoms with Crippen LogP contribution in [-0.4, -0.2) is 78.5 Å². The van der Waals surface area contributed by atoms with Crippen molar-refractivity contribution in [2.75, 3.05) is 6.54 Å². The summed E-state index contributed by atoms with van der Waals surface area (Å²) in [5.41, 5.74) is 6.48. The molecule has 0 radical (unpaired) electrons. The number of nitrogens with two attached hydrogens (primary N) is 1. The molecule has 2 aromatic heterocycles. The maximum absolute atomic E-state index is 13.0. The van der Waals surface area contributed by atoms with E-state index in [1.165, 1.54) is 23.1 Å². The fourth-order valence-corrected chi connectivity index (χ4v) is 4.71. The number of aromatic amines is 1. The Balaban J connectivity index is 1.67. The van der Waals surface area contributed by atoms with Gasteiger partial charge in [0.2, 0.25) is 11.8 Å². The molecule has 3 heterocycles. The molecule has 1 aliphatic heterocycles. The average molecular weight is 526 g/mol. The maximum atomic E-state index is 13.0. The van der Waals surface area contributed by atoms with Crippen LogP contribution in [0.2, 0.25) is 0 Å². The van der Waals surface area contributed by atoms with Gasteiger partial charge in [-0.2, -0.15) is 0 Å². The van der Waals surface area contributed by atoms with E-state index in [9.17, 15) is 39.3 Å². The second-order valence-electron chi connectivity index (χ2n) is 9.18. The minimum Gasteiger partial charge on any atom is -0.508 e. The number of hydrogen-bond donors (Lipinski definition) is 6. The lowest BCUT2D eigenvalue weighted by molar-refractivity contribution is -0.148. The zero-order chi connectivity index (χ0) is 27.6. The van der Waals surface area contributed by atoms with Crippen LogP contribution in [0.15, 0.2) is 24.3 Å². The first-order chi connectivity index (χ1) is 18.0. The van der Waals surface area contributed by atoms with Gasteiger partial charge >= 0.3 is 11.9 Å². The van der Waals surface area contributed by atoms with Crippen LogP contribution in [-0.2, 0) is 25.6 Å². The number of phenols is 1. The number of aliphatic carboxylic acids is 2. The maximum Gasteiger partial charge on any atom is 0.326 e. The number of carbonyl (C=O) groups excluding carboxylic acids is 3. The number of pyridine rings is 1. The van der Waals surface area contributed by atoms with Crippen molar-refractivity contribution in [3.63, 3.8) is 0 Å². The summed E-state index contributed by atoms with van der Waals surface area (Å²) in [5, 5.41) is 32.3. The Bertz CT molecular complexity index is 1450. The standard InChI is InChI=1S/C25H27N5O8/c26-20(32)7-5-17(24(35)36)29-23(34)18-11-14-13-10-12(31)3-4-15(13)28-22(14)16(27-18)6-8-21(33)30-9-1-2-19(30)25(37)38/h3-4,10-11,17,19,28,31H,1-2,5-9H2,(H2,26,32)(H,29,34)(H,35,36)(H,37,38). The number of carboxylic acids is 2. The number of nitrogens with zero attached hydrogens (tertiary/aromatic N) is 2. The Kier molecular flexibility index (Phi) is 7.46. The number of rotatable bonds is 10. The van der Waals surface area contributed by atoms with Crippen LogP contribution in [0.4, 0.5) is 0 Å². The Hall–Kier alpha value is -4.68. The number of aromatic hydroxyl groups is 1. The largest absolute Gasteiger partial charge is 0.508 e. The number of carbonyl (C=O) groups is 5. The molecule has 0 saturated carbocycles. The topological polar surface area (TPSA) is 216 Å². The zero-order valence-corrected chi connectivity index (χ0v) is 20.3. The van der Waals surface area contributed by atoms with Crippen molar-refractivity contribution in [1.82, 2.24) is 20.2 Å². The van der Waals surface area contributed by atoms with Gasteiger partial charge in [-0.05, 0) is 43.5 Å². The van der Waals surface area contributed by atoms with E-state index < -0.39 is 35.8 Å². The molecule has 2 atom stereocenters. The van der Waals surface area contributed by atoms with E-state index in [1.807, 2.05) is 0 Å². The van der Waals surface area contributed by atoms with Gasteiger partial charge in [0.15, 0.2) is 0 Å². The molecule has 7 N–H and O–H groups in total. The van der Waals surface area contributed by atoms with Gasteiger partial charge < -0.3 is 36.3 Å². The van der Waals surface area contributed by atoms with Crippen LogP contribution < -0.4 is 11.1 Å². The zero-order valence-electron chi connectivity index (χ0n) is 20.3. The van der Waals surface area contributed by atoms with E-state index in [-0.39, 0.29) is 43.0 Å². The number of benzene rings is 1. The number of hydrogen-bond acceptors (Lipinski definition) is 7. The predicted molar refractivity (Wildman–Crippen MR) is 133 cm³/mol. The number of phenolic OH excluding ortho intramolecular Hbond substituents is 1. The van der Waals surface area contributed by atoms with Crippen molar-refractivity contribution >= 4 is 51.5 Å². The highest BCUT2D eigenvalue weighted by Gasteiger charge is 2.33. The monoisotopic (exact) mass is 525 g/mol. The summed E-state index contributed by atoms with van der Waals surface area (Å²) in [6.07, 6.45) is 0.530. The van der Waals surface area contributed by atoms with E-state index in [4.69, 9.17) is 5.73 Å². The SMILES string of the molecule is NC(=O)CCC(NC(=O)c1cc2c([nH]c3ccc(O)cc32)c(CCC(=O)N2CCCC2C(=O)O)n1)C(=O)O. The van der Waals surface area contributed by atoms with Gasteiger partial charge in [-0.15, -0.1) is 0 Å². The number of carboxylic acid groups (broad SMARTS) is 2. The molecule has 2 unspecified atom stereocenters. The van der Waals surface area contributed by atoms with Crippen LogP contribution in [0, 0.1) is 0 Å². The van der Waals surface area contributed by atoms with Gasteiger partial charge in [0, 0.05) is 42.1 Å². The van der Waals surface area contributed by atoms with Crippen LogP contribution in [0.1, 0.15) is 48.3 Å². The molecule has 1 aliphatic rings. The van der Waals surface area contributed by atoms with Crippen LogP contribution in [0.5, 0.6) is 5.75 Å². The average Bonchev–Trinajstić information content (AvgIpc) is 3.49. The number of H-pyrrole nitrogens is 1. The van der Waals surface area contributed by atoms with Gasteiger partial charge in [0.25, 0.3) is 5.91 Å². The molecule has 1 fully saturated rings. The van der Waals surface area contributed by atoms with Crippen LogP contribution >= 0.6 is 0 Å². The molecule has 13 nitrogen and oxygen atoms in total. The second-order valence-corrected chi connectivity index (χ2v) is 9.18. The van der Waals surface area contributed by atoms with Crippen LogP contribution in [0.3, 0.4) is 0 Å². The quantitative estimate of drug-likeness (QED) is 0.221. The first kappa shape index (κ1) is 26.4. The number of likely N-dealkylation sites (tertiary alicyclic amines) is 1. The number of amides is 3. The van der Waals surface area contributed by atoms with Crippen LogP contribution in [0.25, 0.3) is 21.8 Å². The summed E-state index contributed by atoms with van der Waals surface area (Å²) in [6.45, 7) is 0.342. The van der Waals surface area contributed by atoms with E-state index in [2.05, 4.69) is 15.3 Å². The van der Waals surface area contributed by atoms with Crippen molar-refractivity contribution in [3.8, 4) is 5.75 Å². The number of primary amides is 1. The highest BCUT2D eigenvalue weighted by atomic mass is 16.4. The van der Waals surface area contributed by atoms with E-state index >= 15 is 0 Å². The minimum atomic E-state index is -1.38. The molecule has 0 bridgehead atoms. The van der Waals surface area contributed by atoms with Crippen molar-refractivity contribution in [1.29, 1.82) is 0 Å². The molecule has 1 aromatic carbocycles. The normalized spacial score (nSPS) is 16.0. The molecule has 3 amide bonds. The number of nitrogens with one attached hydrogen (secondary N) is 2. The molecular formula is C25H27N5O8. The Labute approximate surface area is 215 Å². The molecular weight excluding hydrogens is 498 g/mol. The van der Waals surface area contributed by atoms with Crippen molar-refractivity contribution in [2.24, 2.45) is 5.73 Å². The van der Waals surface area contributed by atoms with Gasteiger partial charge in [0.05, 0.1) is 11.2 Å². The molecule has 4 rings (SSSR count). The van der Waals surface area contributed by atoms with Crippen molar-refractivity contribution in [2.45, 2.75) is 50.6 Å². The number of fused-ring (bicyclic) bond motifs is 3. The van der Waals surface area contributed by atoms with Crippen molar-refractivity contribution < 1.29 is 39.3 Å². The summed E-state index contributed by atoms with van der Waals surface area (Å²) in [4.78, 5) is 69.0. The summed E-state index contributed by atoms with van der Waals surface area (Å²) < 4.78 is 0.